The van der Waals surface area contributed by atoms with Crippen LogP contribution in [-0.4, -0.2) is 41.5 Å². The number of thiazole rings is 1. The van der Waals surface area contributed by atoms with Crippen LogP contribution in [0.15, 0.2) is 34.9 Å². The number of benzene rings is 1. The fourth-order valence-corrected chi connectivity index (χ4v) is 3.74. The summed E-state index contributed by atoms with van der Waals surface area (Å²) in [5.74, 6) is 0.280. The Kier molecular flexibility index (Phi) is 5.66. The van der Waals surface area contributed by atoms with Gasteiger partial charge < -0.3 is 9.84 Å². The fourth-order valence-electron chi connectivity index (χ4n) is 2.26. The molecule has 0 radical (unpaired) electrons. The highest BCUT2D eigenvalue weighted by atomic mass is 32.2. The number of amides is 1. The number of nitrogens with one attached hydrogen (secondary N) is 1. The molecule has 1 amide bonds. The number of carbonyl (C=O) groups is 1. The summed E-state index contributed by atoms with van der Waals surface area (Å²) in [6.45, 7) is 1.92. The third-order valence-electron chi connectivity index (χ3n) is 3.60. The number of nitrogens with zero attached hydrogens (tertiary/aromatic N) is 3. The first-order valence-electron chi connectivity index (χ1n) is 8.22. The molecule has 0 fully saturated rings. The van der Waals surface area contributed by atoms with Crippen molar-refractivity contribution < 1.29 is 17.7 Å². The minimum Gasteiger partial charge on any atom is -0.333 e. The predicted molar refractivity (Wildman–Crippen MR) is 103 cm³/mol. The van der Waals surface area contributed by atoms with E-state index in [4.69, 9.17) is 4.52 Å². The molecular weight excluding hydrogens is 388 g/mol. The summed E-state index contributed by atoms with van der Waals surface area (Å²) in [5, 5.41) is 6.91. The smallest absolute Gasteiger partial charge is 0.270 e. The van der Waals surface area contributed by atoms with Gasteiger partial charge in [-0.25, -0.2) is 13.4 Å². The van der Waals surface area contributed by atoms with Crippen molar-refractivity contribution in [2.75, 3.05) is 17.3 Å². The molecular formula is C17H18N4O4S2. The normalized spacial score (nSPS) is 11.5. The molecule has 0 atom stereocenters. The zero-order chi connectivity index (χ0) is 19.4. The van der Waals surface area contributed by atoms with Crippen molar-refractivity contribution in [1.29, 1.82) is 0 Å². The number of sulfone groups is 1. The van der Waals surface area contributed by atoms with Crippen LogP contribution in [0.5, 0.6) is 0 Å². The maximum atomic E-state index is 12.0. The molecule has 0 aliphatic heterocycles. The first-order valence-corrected chi connectivity index (χ1v) is 11.1. The minimum absolute atomic E-state index is 0.130. The van der Waals surface area contributed by atoms with Crippen LogP contribution >= 0.6 is 11.3 Å². The van der Waals surface area contributed by atoms with Gasteiger partial charge in [0.2, 0.25) is 5.91 Å². The summed E-state index contributed by atoms with van der Waals surface area (Å²) >= 11 is 1.20. The predicted octanol–water partition coefficient (Wildman–Crippen LogP) is 2.80. The van der Waals surface area contributed by atoms with Gasteiger partial charge in [-0.2, -0.15) is 4.98 Å². The number of aromatic nitrogens is 3. The number of hydrogen-bond donors (Lipinski definition) is 1. The van der Waals surface area contributed by atoms with Gasteiger partial charge in [0, 0.05) is 24.7 Å². The fraction of sp³-hybridized carbons (Fsp3) is 0.294. The molecule has 0 aliphatic carbocycles. The van der Waals surface area contributed by atoms with E-state index >= 15 is 0 Å². The molecule has 0 unspecified atom stereocenters. The van der Waals surface area contributed by atoms with Crippen LogP contribution in [0.25, 0.3) is 22.0 Å². The lowest BCUT2D eigenvalue weighted by molar-refractivity contribution is -0.115. The van der Waals surface area contributed by atoms with Crippen LogP contribution in [0.3, 0.4) is 0 Å². The molecule has 3 aromatic rings. The van der Waals surface area contributed by atoms with Gasteiger partial charge in [-0.05, 0) is 0 Å². The summed E-state index contributed by atoms with van der Waals surface area (Å²) < 4.78 is 27.8. The first kappa shape index (κ1) is 19.2. The quantitative estimate of drug-likeness (QED) is 0.641. The van der Waals surface area contributed by atoms with Gasteiger partial charge in [-0.1, -0.05) is 53.7 Å². The van der Waals surface area contributed by atoms with Gasteiger partial charge in [-0.15, -0.1) is 0 Å². The molecule has 142 valence electrons. The molecule has 0 saturated heterocycles. The third kappa shape index (κ3) is 4.98. The monoisotopic (exact) mass is 406 g/mol. The lowest BCUT2D eigenvalue weighted by atomic mass is 10.1. The summed E-state index contributed by atoms with van der Waals surface area (Å²) in [5.41, 5.74) is 1.46. The highest BCUT2D eigenvalue weighted by Gasteiger charge is 2.21. The molecule has 0 aliphatic rings. The van der Waals surface area contributed by atoms with Crippen molar-refractivity contribution in [2.45, 2.75) is 19.8 Å². The Morgan fingerprint density at radius 1 is 1.22 bits per heavy atom. The average molecular weight is 406 g/mol. The minimum atomic E-state index is -3.21. The number of aryl methyl sites for hydroxylation is 1. The Bertz CT molecular complexity index is 1040. The Labute approximate surface area is 160 Å². The summed E-state index contributed by atoms with van der Waals surface area (Å²) in [7, 11) is -3.21. The van der Waals surface area contributed by atoms with E-state index in [1.54, 1.807) is 0 Å². The largest absolute Gasteiger partial charge is 0.333 e. The molecule has 2 heterocycles. The number of hydrogen-bond acceptors (Lipinski definition) is 8. The number of carbonyl (C=O) groups excluding carboxylic acids is 1. The summed E-state index contributed by atoms with van der Waals surface area (Å²) in [6, 6.07) is 9.45. The topological polar surface area (TPSA) is 115 Å². The zero-order valence-electron chi connectivity index (χ0n) is 14.8. The van der Waals surface area contributed by atoms with Gasteiger partial charge >= 0.3 is 0 Å². The summed E-state index contributed by atoms with van der Waals surface area (Å²) in [6.07, 6.45) is 1.60. The van der Waals surface area contributed by atoms with Gasteiger partial charge in [0.15, 0.2) is 11.0 Å². The molecule has 1 aromatic carbocycles. The average Bonchev–Trinajstić information content (AvgIpc) is 3.27. The van der Waals surface area contributed by atoms with E-state index in [0.29, 0.717) is 33.8 Å². The molecule has 2 aromatic heterocycles. The second-order valence-corrected chi connectivity index (χ2v) is 9.12. The van der Waals surface area contributed by atoms with Crippen LogP contribution in [0.2, 0.25) is 0 Å². The van der Waals surface area contributed by atoms with Gasteiger partial charge in [0.05, 0.1) is 11.4 Å². The van der Waals surface area contributed by atoms with E-state index < -0.39 is 15.7 Å². The second kappa shape index (κ2) is 7.97. The van der Waals surface area contributed by atoms with Crippen LogP contribution < -0.4 is 5.32 Å². The molecule has 0 saturated carbocycles. The Morgan fingerprint density at radius 3 is 2.59 bits per heavy atom. The third-order valence-corrected chi connectivity index (χ3v) is 5.50. The van der Waals surface area contributed by atoms with Gasteiger partial charge in [-0.3, -0.25) is 4.79 Å². The van der Waals surface area contributed by atoms with Crippen molar-refractivity contribution >= 4 is 32.2 Å². The number of rotatable bonds is 7. The lowest BCUT2D eigenvalue weighted by Gasteiger charge is -2.00. The zero-order valence-corrected chi connectivity index (χ0v) is 16.4. The molecule has 3 rings (SSSR count). The molecule has 10 heteroatoms. The molecule has 0 spiro atoms. The van der Waals surface area contributed by atoms with E-state index in [-0.39, 0.29) is 12.2 Å². The standard InChI is InChI=1S/C17H18N4O4S2/c1-3-12-18-16(25-21-12)15-14(11-7-5-4-6-8-11)20-17(26-15)19-13(22)9-10-27(2,23)24/h4-8H,3,9-10H2,1-2H3,(H,19,20,22). The van der Waals surface area contributed by atoms with Crippen molar-refractivity contribution in [2.24, 2.45) is 0 Å². The van der Waals surface area contributed by atoms with Crippen LogP contribution in [-0.2, 0) is 21.1 Å². The van der Waals surface area contributed by atoms with E-state index in [0.717, 1.165) is 11.8 Å². The first-order chi connectivity index (χ1) is 12.9. The van der Waals surface area contributed by atoms with Gasteiger partial charge in [0.25, 0.3) is 5.89 Å². The van der Waals surface area contributed by atoms with E-state index in [1.807, 2.05) is 37.3 Å². The highest BCUT2D eigenvalue weighted by molar-refractivity contribution is 7.90. The molecule has 1 N–H and O–H groups in total. The maximum absolute atomic E-state index is 12.0. The van der Waals surface area contributed by atoms with Crippen molar-refractivity contribution in [3.8, 4) is 22.0 Å². The molecule has 8 nitrogen and oxygen atoms in total. The molecule has 27 heavy (non-hydrogen) atoms. The Hall–Kier alpha value is -2.59. The Balaban J connectivity index is 1.91. The van der Waals surface area contributed by atoms with Crippen molar-refractivity contribution in [3.63, 3.8) is 0 Å². The van der Waals surface area contributed by atoms with Crippen LogP contribution in [0.1, 0.15) is 19.2 Å². The second-order valence-electron chi connectivity index (χ2n) is 5.86. The Morgan fingerprint density at radius 2 is 1.96 bits per heavy atom. The SMILES string of the molecule is CCc1noc(-c2sc(NC(=O)CCS(C)(=O)=O)nc2-c2ccccc2)n1. The van der Waals surface area contributed by atoms with E-state index in [9.17, 15) is 13.2 Å². The van der Waals surface area contributed by atoms with Crippen LogP contribution in [0, 0.1) is 0 Å². The summed E-state index contributed by atoms with van der Waals surface area (Å²) in [4.78, 5) is 21.5. The number of anilines is 1. The highest BCUT2D eigenvalue weighted by Crippen LogP contribution is 2.38. The lowest BCUT2D eigenvalue weighted by Crippen LogP contribution is -2.16. The van der Waals surface area contributed by atoms with E-state index in [1.165, 1.54) is 11.3 Å². The maximum Gasteiger partial charge on any atom is 0.270 e. The van der Waals surface area contributed by atoms with Crippen molar-refractivity contribution in [1.82, 2.24) is 15.1 Å². The van der Waals surface area contributed by atoms with Crippen molar-refractivity contribution in [3.05, 3.63) is 36.2 Å². The van der Waals surface area contributed by atoms with E-state index in [2.05, 4.69) is 20.4 Å². The van der Waals surface area contributed by atoms with Gasteiger partial charge in [0.1, 0.15) is 14.7 Å². The molecule has 0 bridgehead atoms. The van der Waals surface area contributed by atoms with Crippen LogP contribution in [0.4, 0.5) is 5.13 Å².